The summed E-state index contributed by atoms with van der Waals surface area (Å²) in [5, 5.41) is 0. The number of hydrogen-bond donors (Lipinski definition) is 1. The van der Waals surface area contributed by atoms with Crippen LogP contribution in [0.1, 0.15) is 67.5 Å². The van der Waals surface area contributed by atoms with Crippen molar-refractivity contribution in [2.45, 2.75) is 67.5 Å². The molecule has 0 aliphatic rings. The summed E-state index contributed by atoms with van der Waals surface area (Å²) < 4.78 is 10.4. The van der Waals surface area contributed by atoms with Gasteiger partial charge >= 0.3 is 11.9 Å². The van der Waals surface area contributed by atoms with Crippen LogP contribution >= 0.6 is 24.8 Å². The van der Waals surface area contributed by atoms with Crippen molar-refractivity contribution in [3.05, 3.63) is 52.3 Å². The topological polar surface area (TPSA) is 91.5 Å². The lowest BCUT2D eigenvalue weighted by Crippen LogP contribution is -2.27. The Bertz CT molecular complexity index is 954. The molecule has 2 N–H and O–H groups in total. The maximum Gasteiger partial charge on any atom is 0.347 e. The number of aryl methyl sites for hydroxylation is 2. The molecule has 0 spiro atoms. The number of nitrogens with two attached hydrogens (primary N) is 1. The summed E-state index contributed by atoms with van der Waals surface area (Å²) in [6, 6.07) is 7.92. The molecule has 6 nitrogen and oxygen atoms in total. The molecular formula is C25H36Cl2N2O4. The van der Waals surface area contributed by atoms with E-state index in [-0.39, 0.29) is 43.4 Å². The monoisotopic (exact) mass is 498 g/mol. The molecule has 0 amide bonds. The van der Waals surface area contributed by atoms with Crippen LogP contribution in [-0.4, -0.2) is 29.6 Å². The van der Waals surface area contributed by atoms with E-state index in [1.165, 1.54) is 6.92 Å². The van der Waals surface area contributed by atoms with E-state index in [2.05, 4.69) is 20.8 Å². The smallest absolute Gasteiger partial charge is 0.347 e. The van der Waals surface area contributed by atoms with Gasteiger partial charge in [-0.2, -0.15) is 0 Å². The molecule has 0 fully saturated rings. The second-order valence-electron chi connectivity index (χ2n) is 8.98. The normalized spacial score (nSPS) is 11.6. The second-order valence-corrected chi connectivity index (χ2v) is 8.98. The average molecular weight is 499 g/mol. The summed E-state index contributed by atoms with van der Waals surface area (Å²) in [4.78, 5) is 29.9. The lowest BCUT2D eigenvalue weighted by molar-refractivity contribution is -0.152. The Hall–Kier alpha value is -2.15. The van der Waals surface area contributed by atoms with Crippen molar-refractivity contribution < 1.29 is 19.1 Å². The molecule has 8 heteroatoms. The zero-order chi connectivity index (χ0) is 23.3. The number of pyridine rings is 1. The lowest BCUT2D eigenvalue weighted by Gasteiger charge is -2.24. The van der Waals surface area contributed by atoms with Crippen LogP contribution in [0.3, 0.4) is 0 Å². The van der Waals surface area contributed by atoms with E-state index in [9.17, 15) is 9.59 Å². The number of halogens is 2. The molecule has 0 bridgehead atoms. The van der Waals surface area contributed by atoms with Gasteiger partial charge in [0.15, 0.2) is 6.10 Å². The minimum atomic E-state index is -1.02. The van der Waals surface area contributed by atoms with Crippen LogP contribution in [0.25, 0.3) is 11.1 Å². The van der Waals surface area contributed by atoms with Gasteiger partial charge in [0.2, 0.25) is 0 Å². The van der Waals surface area contributed by atoms with Crippen molar-refractivity contribution in [1.29, 1.82) is 0 Å². The molecule has 1 atom stereocenters. The van der Waals surface area contributed by atoms with Crippen molar-refractivity contribution in [3.63, 3.8) is 0 Å². The third kappa shape index (κ3) is 7.98. The standard InChI is InChI=1S/C25H34N2O4.2ClH/c1-8-30-23(28)17(4)31-24(29)21-16(3)27-20(13-25(5,6)7)19(14-26)22(21)18-11-9-15(2)10-12-18;;/h9-12,17H,8,13-14,26H2,1-7H3;2*1H. The van der Waals surface area contributed by atoms with E-state index >= 15 is 0 Å². The third-order valence-corrected chi connectivity index (χ3v) is 4.91. The van der Waals surface area contributed by atoms with E-state index in [1.807, 2.05) is 31.2 Å². The highest BCUT2D eigenvalue weighted by Gasteiger charge is 2.28. The quantitative estimate of drug-likeness (QED) is 0.516. The molecule has 0 aliphatic heterocycles. The van der Waals surface area contributed by atoms with Gasteiger partial charge in [0.05, 0.1) is 17.9 Å². The highest BCUT2D eigenvalue weighted by atomic mass is 35.5. The van der Waals surface area contributed by atoms with Crippen molar-refractivity contribution in [2.75, 3.05) is 6.61 Å². The number of hydrogen-bond acceptors (Lipinski definition) is 6. The van der Waals surface area contributed by atoms with Crippen molar-refractivity contribution >= 4 is 36.8 Å². The van der Waals surface area contributed by atoms with Crippen LogP contribution in [0, 0.1) is 19.3 Å². The number of nitrogens with zero attached hydrogens (tertiary/aromatic N) is 1. The zero-order valence-corrected chi connectivity index (χ0v) is 22.1. The molecule has 33 heavy (non-hydrogen) atoms. The fourth-order valence-electron chi connectivity index (χ4n) is 3.49. The van der Waals surface area contributed by atoms with Gasteiger partial charge in [-0.05, 0) is 50.7 Å². The van der Waals surface area contributed by atoms with Crippen molar-refractivity contribution in [1.82, 2.24) is 4.98 Å². The Morgan fingerprint density at radius 2 is 1.67 bits per heavy atom. The van der Waals surface area contributed by atoms with Crippen molar-refractivity contribution in [3.8, 4) is 11.1 Å². The molecule has 0 aliphatic carbocycles. The zero-order valence-electron chi connectivity index (χ0n) is 20.5. The van der Waals surface area contributed by atoms with E-state index < -0.39 is 18.0 Å². The van der Waals surface area contributed by atoms with Gasteiger partial charge in [-0.3, -0.25) is 4.98 Å². The summed E-state index contributed by atoms with van der Waals surface area (Å²) >= 11 is 0. The number of benzene rings is 1. The van der Waals surface area contributed by atoms with Gasteiger partial charge < -0.3 is 15.2 Å². The predicted molar refractivity (Wildman–Crippen MR) is 136 cm³/mol. The Balaban J connectivity index is 0.00000512. The number of ether oxygens (including phenoxy) is 2. The van der Waals surface area contributed by atoms with Crippen LogP contribution < -0.4 is 5.73 Å². The summed E-state index contributed by atoms with van der Waals surface area (Å²) in [5.41, 5.74) is 11.4. The summed E-state index contributed by atoms with van der Waals surface area (Å²) in [5.74, 6) is -1.19. The maximum absolute atomic E-state index is 13.2. The van der Waals surface area contributed by atoms with E-state index in [1.54, 1.807) is 13.8 Å². The highest BCUT2D eigenvalue weighted by Crippen LogP contribution is 2.34. The van der Waals surface area contributed by atoms with Gasteiger partial charge in [-0.25, -0.2) is 9.59 Å². The van der Waals surface area contributed by atoms with Gasteiger partial charge in [0.25, 0.3) is 0 Å². The molecule has 0 saturated carbocycles. The molecule has 2 rings (SSSR count). The number of rotatable bonds is 7. The van der Waals surface area contributed by atoms with Gasteiger partial charge in [-0.1, -0.05) is 50.6 Å². The predicted octanol–water partition coefficient (Wildman–Crippen LogP) is 5.36. The first kappa shape index (κ1) is 30.9. The van der Waals surface area contributed by atoms with Gasteiger partial charge in [0.1, 0.15) is 0 Å². The Morgan fingerprint density at radius 1 is 1.09 bits per heavy atom. The van der Waals surface area contributed by atoms with Crippen LogP contribution in [-0.2, 0) is 27.2 Å². The minimum absolute atomic E-state index is 0. The first-order valence-electron chi connectivity index (χ1n) is 10.7. The number of carbonyl (C=O) groups is 2. The lowest BCUT2D eigenvalue weighted by atomic mass is 9.85. The molecular weight excluding hydrogens is 463 g/mol. The van der Waals surface area contributed by atoms with Crippen LogP contribution in [0.2, 0.25) is 0 Å². The summed E-state index contributed by atoms with van der Waals surface area (Å²) in [6.07, 6.45) is -0.304. The number of aromatic nitrogens is 1. The number of esters is 2. The van der Waals surface area contributed by atoms with E-state index in [4.69, 9.17) is 20.2 Å². The molecule has 1 aromatic heterocycles. The Kier molecular flexibility index (Phi) is 12.1. The largest absolute Gasteiger partial charge is 0.463 e. The minimum Gasteiger partial charge on any atom is -0.463 e. The molecule has 184 valence electrons. The third-order valence-electron chi connectivity index (χ3n) is 4.91. The van der Waals surface area contributed by atoms with Gasteiger partial charge in [-0.15, -0.1) is 24.8 Å². The maximum atomic E-state index is 13.2. The van der Waals surface area contributed by atoms with Crippen molar-refractivity contribution in [2.24, 2.45) is 11.1 Å². The van der Waals surface area contributed by atoms with Gasteiger partial charge in [0, 0.05) is 17.8 Å². The molecule has 0 saturated heterocycles. The van der Waals surface area contributed by atoms with Crippen LogP contribution in [0.15, 0.2) is 24.3 Å². The Labute approximate surface area is 209 Å². The number of carbonyl (C=O) groups excluding carboxylic acids is 2. The fourth-order valence-corrected chi connectivity index (χ4v) is 3.49. The SMILES string of the molecule is CCOC(=O)C(C)OC(=O)c1c(C)nc(CC(C)(C)C)c(CN)c1-c1ccc(C)cc1.Cl.Cl. The molecule has 0 radical (unpaired) electrons. The fraction of sp³-hybridized carbons (Fsp3) is 0.480. The second kappa shape index (κ2) is 12.9. The Morgan fingerprint density at radius 3 is 2.15 bits per heavy atom. The molecule has 1 aromatic carbocycles. The molecule has 2 aromatic rings. The van der Waals surface area contributed by atoms with E-state index in [0.717, 1.165) is 27.9 Å². The highest BCUT2D eigenvalue weighted by molar-refractivity contribution is 6.00. The average Bonchev–Trinajstić information content (AvgIpc) is 2.67. The summed E-state index contributed by atoms with van der Waals surface area (Å²) in [7, 11) is 0. The molecule has 1 heterocycles. The molecule has 1 unspecified atom stereocenters. The first-order valence-corrected chi connectivity index (χ1v) is 10.7. The first-order chi connectivity index (χ1) is 14.5. The van der Waals surface area contributed by atoms with Crippen LogP contribution in [0.4, 0.5) is 0 Å². The summed E-state index contributed by atoms with van der Waals surface area (Å²) in [6.45, 7) is 13.9. The van der Waals surface area contributed by atoms with E-state index in [0.29, 0.717) is 17.7 Å². The van der Waals surface area contributed by atoms with Crippen LogP contribution in [0.5, 0.6) is 0 Å².